The minimum Gasteiger partial charge on any atom is -0.352 e. The van der Waals surface area contributed by atoms with Gasteiger partial charge >= 0.3 is 0 Å². The monoisotopic (exact) mass is 464 g/mol. The van der Waals surface area contributed by atoms with Crippen molar-refractivity contribution in [2.45, 2.75) is 44.1 Å². The molecule has 1 fully saturated rings. The van der Waals surface area contributed by atoms with Crippen LogP contribution in [-0.4, -0.2) is 34.6 Å². The number of amides is 2. The van der Waals surface area contributed by atoms with E-state index in [2.05, 4.69) is 17.4 Å². The average Bonchev–Trinajstić information content (AvgIpc) is 3.48. The van der Waals surface area contributed by atoms with Crippen LogP contribution in [0.4, 0.5) is 0 Å². The quantitative estimate of drug-likeness (QED) is 0.506. The van der Waals surface area contributed by atoms with Gasteiger partial charge in [-0.25, -0.2) is 0 Å². The molecule has 4 nitrogen and oxygen atoms in total. The van der Waals surface area contributed by atoms with Crippen LogP contribution in [-0.2, 0) is 11.2 Å². The standard InChI is InChI=1S/C26H28N2O2S2/c1-18-10-14-21(15-11-18)25(30)28-22(17-32-26(28)23-9-6-16-31-23)24(29)27-19(2)12-13-20-7-4-3-5-8-20/h3-11,14-16,19,22,26H,12-13,17H2,1-2H3,(H,27,29). The zero-order chi connectivity index (χ0) is 22.5. The number of aryl methyl sites for hydroxylation is 2. The van der Waals surface area contributed by atoms with E-state index >= 15 is 0 Å². The first-order valence-electron chi connectivity index (χ1n) is 10.9. The Balaban J connectivity index is 1.48. The van der Waals surface area contributed by atoms with E-state index in [0.717, 1.165) is 23.3 Å². The Bertz CT molecular complexity index is 1040. The highest BCUT2D eigenvalue weighted by molar-refractivity contribution is 7.99. The fourth-order valence-electron chi connectivity index (χ4n) is 3.89. The van der Waals surface area contributed by atoms with Gasteiger partial charge in [0.1, 0.15) is 11.4 Å². The highest BCUT2D eigenvalue weighted by Gasteiger charge is 2.43. The van der Waals surface area contributed by atoms with E-state index in [1.807, 2.05) is 73.8 Å². The van der Waals surface area contributed by atoms with Crippen molar-refractivity contribution < 1.29 is 9.59 Å². The summed E-state index contributed by atoms with van der Waals surface area (Å²) in [6, 6.07) is 21.5. The van der Waals surface area contributed by atoms with Gasteiger partial charge in [-0.15, -0.1) is 23.1 Å². The topological polar surface area (TPSA) is 49.4 Å². The predicted octanol–water partition coefficient (Wildman–Crippen LogP) is 5.45. The number of carbonyl (C=O) groups is 2. The van der Waals surface area contributed by atoms with Crippen molar-refractivity contribution in [3.63, 3.8) is 0 Å². The third-order valence-corrected chi connectivity index (χ3v) is 8.10. The summed E-state index contributed by atoms with van der Waals surface area (Å²) < 4.78 is 0. The van der Waals surface area contributed by atoms with Crippen molar-refractivity contribution in [3.05, 3.63) is 93.7 Å². The summed E-state index contributed by atoms with van der Waals surface area (Å²) in [4.78, 5) is 29.7. The smallest absolute Gasteiger partial charge is 0.255 e. The maximum atomic E-state index is 13.5. The molecule has 0 bridgehead atoms. The molecule has 0 saturated carbocycles. The third kappa shape index (κ3) is 5.25. The fourth-order valence-corrected chi connectivity index (χ4v) is 6.29. The number of nitrogens with zero attached hydrogens (tertiary/aromatic N) is 1. The Kier molecular flexibility index (Phi) is 7.33. The number of thioether (sulfide) groups is 1. The van der Waals surface area contributed by atoms with Crippen LogP contribution in [0.1, 0.15) is 45.1 Å². The van der Waals surface area contributed by atoms with Gasteiger partial charge in [0, 0.05) is 22.2 Å². The van der Waals surface area contributed by atoms with Gasteiger partial charge in [0.15, 0.2) is 0 Å². The number of nitrogens with one attached hydrogen (secondary N) is 1. The van der Waals surface area contributed by atoms with Gasteiger partial charge < -0.3 is 10.2 Å². The van der Waals surface area contributed by atoms with Crippen LogP contribution in [0.3, 0.4) is 0 Å². The predicted molar refractivity (Wildman–Crippen MR) is 133 cm³/mol. The van der Waals surface area contributed by atoms with Crippen LogP contribution in [0.5, 0.6) is 0 Å². The molecule has 4 rings (SSSR count). The second-order valence-corrected chi connectivity index (χ2v) is 10.3. The summed E-state index contributed by atoms with van der Waals surface area (Å²) in [7, 11) is 0. The molecule has 166 valence electrons. The molecular formula is C26H28N2O2S2. The fraction of sp³-hybridized carbons (Fsp3) is 0.308. The molecule has 2 aromatic carbocycles. The lowest BCUT2D eigenvalue weighted by atomic mass is 10.1. The Morgan fingerprint density at radius 2 is 1.81 bits per heavy atom. The summed E-state index contributed by atoms with van der Waals surface area (Å²) in [6.07, 6.45) is 1.77. The van der Waals surface area contributed by atoms with Crippen molar-refractivity contribution in [2.24, 2.45) is 0 Å². The van der Waals surface area contributed by atoms with E-state index in [0.29, 0.717) is 11.3 Å². The molecule has 0 spiro atoms. The van der Waals surface area contributed by atoms with Crippen LogP contribution in [0.25, 0.3) is 0 Å². The maximum Gasteiger partial charge on any atom is 0.255 e. The highest BCUT2D eigenvalue weighted by atomic mass is 32.2. The van der Waals surface area contributed by atoms with Gasteiger partial charge in [0.2, 0.25) is 5.91 Å². The number of thiophene rings is 1. The molecule has 3 aromatic rings. The second kappa shape index (κ2) is 10.4. The molecule has 0 radical (unpaired) electrons. The van der Waals surface area contributed by atoms with Crippen LogP contribution in [0, 0.1) is 6.92 Å². The third-order valence-electron chi connectivity index (χ3n) is 5.72. The number of rotatable bonds is 7. The minimum absolute atomic E-state index is 0.0322. The summed E-state index contributed by atoms with van der Waals surface area (Å²) in [6.45, 7) is 4.04. The minimum atomic E-state index is -0.486. The van der Waals surface area contributed by atoms with E-state index in [4.69, 9.17) is 0 Å². The van der Waals surface area contributed by atoms with Crippen LogP contribution >= 0.6 is 23.1 Å². The Labute approximate surface area is 198 Å². The molecule has 1 aliphatic heterocycles. The molecule has 1 aliphatic rings. The molecule has 3 unspecified atom stereocenters. The maximum absolute atomic E-state index is 13.5. The highest BCUT2D eigenvalue weighted by Crippen LogP contribution is 2.44. The van der Waals surface area contributed by atoms with Crippen molar-refractivity contribution in [3.8, 4) is 0 Å². The van der Waals surface area contributed by atoms with Gasteiger partial charge in [-0.2, -0.15) is 0 Å². The summed E-state index contributed by atoms with van der Waals surface area (Å²) in [5.74, 6) is 0.431. The lowest BCUT2D eigenvalue weighted by molar-refractivity contribution is -0.125. The van der Waals surface area contributed by atoms with Gasteiger partial charge in [0.05, 0.1) is 0 Å². The molecule has 2 heterocycles. The van der Waals surface area contributed by atoms with Crippen LogP contribution in [0.15, 0.2) is 72.1 Å². The SMILES string of the molecule is Cc1ccc(C(=O)N2C(C(=O)NC(C)CCc3ccccc3)CSC2c2cccs2)cc1. The van der Waals surface area contributed by atoms with E-state index in [-0.39, 0.29) is 23.2 Å². The first-order valence-corrected chi connectivity index (χ1v) is 12.8. The van der Waals surface area contributed by atoms with Crippen molar-refractivity contribution in [1.29, 1.82) is 0 Å². The van der Waals surface area contributed by atoms with E-state index in [1.165, 1.54) is 5.56 Å². The first-order chi connectivity index (χ1) is 15.5. The summed E-state index contributed by atoms with van der Waals surface area (Å²) >= 11 is 3.29. The zero-order valence-corrected chi connectivity index (χ0v) is 20.0. The molecule has 0 aliphatic carbocycles. The summed E-state index contributed by atoms with van der Waals surface area (Å²) in [5, 5.41) is 5.04. The molecule has 2 amide bonds. The number of hydrogen-bond donors (Lipinski definition) is 1. The molecule has 32 heavy (non-hydrogen) atoms. The van der Waals surface area contributed by atoms with Gasteiger partial charge in [0.25, 0.3) is 5.91 Å². The Morgan fingerprint density at radius 3 is 2.50 bits per heavy atom. The zero-order valence-electron chi connectivity index (χ0n) is 18.4. The summed E-state index contributed by atoms with van der Waals surface area (Å²) in [5.41, 5.74) is 2.99. The molecule has 1 aromatic heterocycles. The molecule has 1 N–H and O–H groups in total. The number of hydrogen-bond acceptors (Lipinski definition) is 4. The van der Waals surface area contributed by atoms with Crippen molar-refractivity contribution in [1.82, 2.24) is 10.2 Å². The van der Waals surface area contributed by atoms with Crippen molar-refractivity contribution in [2.75, 3.05) is 5.75 Å². The van der Waals surface area contributed by atoms with Crippen molar-refractivity contribution >= 4 is 34.9 Å². The number of benzene rings is 2. The first kappa shape index (κ1) is 22.6. The van der Waals surface area contributed by atoms with Crippen LogP contribution < -0.4 is 5.32 Å². The average molecular weight is 465 g/mol. The second-order valence-electron chi connectivity index (χ2n) is 8.23. The molecule has 6 heteroatoms. The normalized spacial score (nSPS) is 19.0. The largest absolute Gasteiger partial charge is 0.352 e. The van der Waals surface area contributed by atoms with Gasteiger partial charge in [-0.3, -0.25) is 9.59 Å². The van der Waals surface area contributed by atoms with Gasteiger partial charge in [-0.05, 0) is 55.8 Å². The van der Waals surface area contributed by atoms with E-state index in [1.54, 1.807) is 28.0 Å². The lowest BCUT2D eigenvalue weighted by Gasteiger charge is -2.29. The Morgan fingerprint density at radius 1 is 1.06 bits per heavy atom. The van der Waals surface area contributed by atoms with Gasteiger partial charge in [-0.1, -0.05) is 54.1 Å². The molecule has 3 atom stereocenters. The van der Waals surface area contributed by atoms with Crippen LogP contribution in [0.2, 0.25) is 0 Å². The number of carbonyl (C=O) groups excluding carboxylic acids is 2. The van der Waals surface area contributed by atoms with E-state index in [9.17, 15) is 9.59 Å². The molecule has 1 saturated heterocycles. The Hall–Kier alpha value is -2.57. The van der Waals surface area contributed by atoms with E-state index < -0.39 is 6.04 Å². The lowest BCUT2D eigenvalue weighted by Crippen LogP contribution is -2.50. The molecular weight excluding hydrogens is 436 g/mol.